The summed E-state index contributed by atoms with van der Waals surface area (Å²) >= 11 is 0. The van der Waals surface area contributed by atoms with Crippen LogP contribution in [0.25, 0.3) is 0 Å². The third-order valence-electron chi connectivity index (χ3n) is 4.04. The van der Waals surface area contributed by atoms with Gasteiger partial charge in [-0.2, -0.15) is 0 Å². The number of hydrogen-bond acceptors (Lipinski definition) is 4. The second kappa shape index (κ2) is 4.74. The lowest BCUT2D eigenvalue weighted by Gasteiger charge is -2.52. The zero-order chi connectivity index (χ0) is 16.1. The first kappa shape index (κ1) is 14.9. The van der Waals surface area contributed by atoms with Crippen LogP contribution in [0.4, 0.5) is 4.79 Å². The number of fused-ring (bicyclic) bond motifs is 2. The molecular formula is C15H20N2O5. The Morgan fingerprint density at radius 3 is 2.45 bits per heavy atom. The number of carbonyl (C=O) groups excluding carboxylic acids is 1. The molecule has 1 saturated heterocycles. The SMILES string of the molecule is CC(C)(C)OC(=O)N1CCn2c(C(=O)O)ccc2C12COC2. The molecule has 1 aromatic heterocycles. The van der Waals surface area contributed by atoms with Crippen LogP contribution in [0.3, 0.4) is 0 Å². The van der Waals surface area contributed by atoms with E-state index in [-0.39, 0.29) is 11.8 Å². The predicted molar refractivity (Wildman–Crippen MR) is 76.8 cm³/mol. The third-order valence-corrected chi connectivity index (χ3v) is 4.04. The van der Waals surface area contributed by atoms with Crippen LogP contribution in [0.1, 0.15) is 37.0 Å². The summed E-state index contributed by atoms with van der Waals surface area (Å²) in [5.41, 5.74) is -0.151. The number of carboxylic acid groups (broad SMARTS) is 1. The molecule has 2 aliphatic rings. The number of nitrogens with zero attached hydrogens (tertiary/aromatic N) is 2. The van der Waals surface area contributed by atoms with Crippen molar-refractivity contribution in [3.63, 3.8) is 0 Å². The number of carboxylic acids is 1. The molecule has 0 unspecified atom stereocenters. The first-order chi connectivity index (χ1) is 10.2. The molecule has 0 radical (unpaired) electrons. The van der Waals surface area contributed by atoms with Gasteiger partial charge in [0.15, 0.2) is 0 Å². The Kier molecular flexibility index (Phi) is 3.21. The van der Waals surface area contributed by atoms with Crippen LogP contribution in [0.5, 0.6) is 0 Å². The maximum Gasteiger partial charge on any atom is 0.411 e. The summed E-state index contributed by atoms with van der Waals surface area (Å²) < 4.78 is 12.6. The van der Waals surface area contributed by atoms with E-state index in [4.69, 9.17) is 9.47 Å². The van der Waals surface area contributed by atoms with Gasteiger partial charge in [0.05, 0.1) is 13.2 Å². The molecule has 1 amide bonds. The Morgan fingerprint density at radius 1 is 1.27 bits per heavy atom. The molecule has 3 heterocycles. The Morgan fingerprint density at radius 2 is 1.95 bits per heavy atom. The van der Waals surface area contributed by atoms with Gasteiger partial charge in [-0.15, -0.1) is 0 Å². The minimum Gasteiger partial charge on any atom is -0.477 e. The second-order valence-electron chi connectivity index (χ2n) is 6.72. The molecule has 7 heteroatoms. The van der Waals surface area contributed by atoms with Crippen LogP contribution < -0.4 is 0 Å². The minimum absolute atomic E-state index is 0.241. The zero-order valence-electron chi connectivity index (χ0n) is 13.0. The van der Waals surface area contributed by atoms with Crippen molar-refractivity contribution in [3.05, 3.63) is 23.5 Å². The van der Waals surface area contributed by atoms with E-state index in [2.05, 4.69) is 0 Å². The normalized spacial score (nSPS) is 19.5. The fraction of sp³-hybridized carbons (Fsp3) is 0.600. The first-order valence-electron chi connectivity index (χ1n) is 7.26. The van der Waals surface area contributed by atoms with Crippen molar-refractivity contribution < 1.29 is 24.2 Å². The fourth-order valence-corrected chi connectivity index (χ4v) is 3.04. The van der Waals surface area contributed by atoms with Crippen LogP contribution in [0.15, 0.2) is 12.1 Å². The molecule has 0 saturated carbocycles. The van der Waals surface area contributed by atoms with Gasteiger partial charge in [-0.25, -0.2) is 9.59 Å². The number of hydrogen-bond donors (Lipinski definition) is 1. The fourth-order valence-electron chi connectivity index (χ4n) is 3.04. The maximum absolute atomic E-state index is 12.5. The lowest BCUT2D eigenvalue weighted by atomic mass is 9.89. The Balaban J connectivity index is 1.95. The van der Waals surface area contributed by atoms with Crippen molar-refractivity contribution in [1.82, 2.24) is 9.47 Å². The van der Waals surface area contributed by atoms with Crippen molar-refractivity contribution in [2.75, 3.05) is 19.8 Å². The van der Waals surface area contributed by atoms with Gasteiger partial charge in [-0.05, 0) is 32.9 Å². The van der Waals surface area contributed by atoms with Crippen molar-refractivity contribution in [2.24, 2.45) is 0 Å². The molecule has 0 aromatic carbocycles. The number of aromatic nitrogens is 1. The number of aromatic carboxylic acids is 1. The van der Waals surface area contributed by atoms with Crippen molar-refractivity contribution in [1.29, 1.82) is 0 Å². The molecule has 0 aliphatic carbocycles. The van der Waals surface area contributed by atoms with E-state index in [0.717, 1.165) is 5.69 Å². The van der Waals surface area contributed by atoms with E-state index < -0.39 is 17.1 Å². The Hall–Kier alpha value is -2.02. The summed E-state index contributed by atoms with van der Waals surface area (Å²) in [6.45, 7) is 7.02. The summed E-state index contributed by atoms with van der Waals surface area (Å²) in [5, 5.41) is 9.26. The number of carbonyl (C=O) groups is 2. The highest BCUT2D eigenvalue weighted by molar-refractivity contribution is 5.86. The highest BCUT2D eigenvalue weighted by atomic mass is 16.6. The average molecular weight is 308 g/mol. The topological polar surface area (TPSA) is 81.0 Å². The molecule has 1 fully saturated rings. The molecule has 22 heavy (non-hydrogen) atoms. The number of ether oxygens (including phenoxy) is 2. The summed E-state index contributed by atoms with van der Waals surface area (Å²) in [6, 6.07) is 3.35. The van der Waals surface area contributed by atoms with E-state index >= 15 is 0 Å². The van der Waals surface area contributed by atoms with E-state index in [1.165, 1.54) is 0 Å². The second-order valence-corrected chi connectivity index (χ2v) is 6.72. The van der Waals surface area contributed by atoms with Gasteiger partial charge in [0.2, 0.25) is 0 Å². The smallest absolute Gasteiger partial charge is 0.411 e. The molecule has 2 aliphatic heterocycles. The van der Waals surface area contributed by atoms with Crippen LogP contribution in [0.2, 0.25) is 0 Å². The van der Waals surface area contributed by atoms with Crippen molar-refractivity contribution in [3.8, 4) is 0 Å². The third kappa shape index (κ3) is 2.16. The van der Waals surface area contributed by atoms with Crippen LogP contribution in [-0.4, -0.2) is 52.0 Å². The van der Waals surface area contributed by atoms with Crippen LogP contribution in [-0.2, 0) is 21.6 Å². The lowest BCUT2D eigenvalue weighted by molar-refractivity contribution is -0.153. The van der Waals surface area contributed by atoms with Crippen molar-refractivity contribution >= 4 is 12.1 Å². The molecule has 1 aromatic rings. The van der Waals surface area contributed by atoms with Crippen LogP contribution in [0, 0.1) is 0 Å². The summed E-state index contributed by atoms with van der Waals surface area (Å²) in [7, 11) is 0. The van der Waals surface area contributed by atoms with E-state index in [1.807, 2.05) is 20.8 Å². The standard InChI is InChI=1S/C15H20N2O5/c1-14(2,3)22-13(20)17-7-6-16-10(12(18)19)4-5-11(16)15(17)8-21-9-15/h4-5H,6-9H2,1-3H3,(H,18,19). The number of rotatable bonds is 1. The Bertz CT molecular complexity index is 624. The molecule has 3 rings (SSSR count). The Labute approximate surface area is 128 Å². The molecular weight excluding hydrogens is 288 g/mol. The highest BCUT2D eigenvalue weighted by Crippen LogP contribution is 2.40. The molecule has 7 nitrogen and oxygen atoms in total. The van der Waals surface area contributed by atoms with Gasteiger partial charge < -0.3 is 19.1 Å². The van der Waals surface area contributed by atoms with Crippen LogP contribution >= 0.6 is 0 Å². The van der Waals surface area contributed by atoms with Gasteiger partial charge in [-0.1, -0.05) is 0 Å². The number of amides is 1. The summed E-state index contributed by atoms with van der Waals surface area (Å²) in [4.78, 5) is 25.5. The van der Waals surface area contributed by atoms with Gasteiger partial charge in [-0.3, -0.25) is 4.90 Å². The molecule has 0 atom stereocenters. The highest BCUT2D eigenvalue weighted by Gasteiger charge is 2.53. The van der Waals surface area contributed by atoms with Gasteiger partial charge in [0.1, 0.15) is 16.8 Å². The summed E-state index contributed by atoms with van der Waals surface area (Å²) in [5.74, 6) is -0.965. The first-order valence-corrected chi connectivity index (χ1v) is 7.26. The summed E-state index contributed by atoms with van der Waals surface area (Å²) in [6.07, 6.45) is -0.389. The minimum atomic E-state index is -0.965. The van der Waals surface area contributed by atoms with Crippen molar-refractivity contribution in [2.45, 2.75) is 38.5 Å². The quantitative estimate of drug-likeness (QED) is 0.853. The van der Waals surface area contributed by atoms with Gasteiger partial charge in [0, 0.05) is 18.8 Å². The van der Waals surface area contributed by atoms with E-state index in [0.29, 0.717) is 26.3 Å². The largest absolute Gasteiger partial charge is 0.477 e. The zero-order valence-corrected chi connectivity index (χ0v) is 13.0. The molecule has 1 N–H and O–H groups in total. The average Bonchev–Trinajstić information content (AvgIpc) is 2.77. The van der Waals surface area contributed by atoms with Gasteiger partial charge in [0.25, 0.3) is 0 Å². The van der Waals surface area contributed by atoms with E-state index in [1.54, 1.807) is 21.6 Å². The molecule has 120 valence electrons. The maximum atomic E-state index is 12.5. The lowest BCUT2D eigenvalue weighted by Crippen LogP contribution is -2.65. The molecule has 1 spiro atoms. The van der Waals surface area contributed by atoms with Gasteiger partial charge >= 0.3 is 12.1 Å². The van der Waals surface area contributed by atoms with E-state index in [9.17, 15) is 14.7 Å². The molecule has 0 bridgehead atoms. The monoisotopic (exact) mass is 308 g/mol. The predicted octanol–water partition coefficient (Wildman–Crippen LogP) is 1.66.